The van der Waals surface area contributed by atoms with Crippen LogP contribution in [0.15, 0.2) is 82.8 Å². The summed E-state index contributed by atoms with van der Waals surface area (Å²) in [6, 6.07) is 19.7. The van der Waals surface area contributed by atoms with E-state index in [4.69, 9.17) is 14.2 Å². The van der Waals surface area contributed by atoms with Crippen molar-refractivity contribution < 1.29 is 27.4 Å². The second kappa shape index (κ2) is 12.1. The number of hydrogen-bond donors (Lipinski definition) is 1. The molecule has 36 heavy (non-hydrogen) atoms. The molecule has 1 N–H and O–H groups in total. The average Bonchev–Trinajstić information content (AvgIpc) is 2.88. The van der Waals surface area contributed by atoms with E-state index in [0.717, 1.165) is 15.6 Å². The maximum Gasteiger partial charge on any atom is 0.264 e. The van der Waals surface area contributed by atoms with Gasteiger partial charge in [0.15, 0.2) is 0 Å². The Hall–Kier alpha value is -4.05. The van der Waals surface area contributed by atoms with Gasteiger partial charge in [-0.25, -0.2) is 13.8 Å². The monoisotopic (exact) mass is 511 g/mol. The Bertz CT molecular complexity index is 1290. The fraction of sp³-hybridized carbons (Fsp3) is 0.231. The first kappa shape index (κ1) is 26.6. The van der Waals surface area contributed by atoms with Gasteiger partial charge in [-0.3, -0.25) is 9.10 Å². The van der Waals surface area contributed by atoms with Crippen LogP contribution in [0.25, 0.3) is 0 Å². The molecular weight excluding hydrogens is 482 g/mol. The molecule has 3 aromatic rings. The van der Waals surface area contributed by atoms with Gasteiger partial charge in [0.25, 0.3) is 15.9 Å². The van der Waals surface area contributed by atoms with E-state index in [2.05, 4.69) is 10.5 Å². The minimum absolute atomic E-state index is 0.0304. The normalized spacial score (nSPS) is 11.4. The third-order valence-corrected chi connectivity index (χ3v) is 6.70. The summed E-state index contributed by atoms with van der Waals surface area (Å²) < 4.78 is 44.2. The number of ether oxygens (including phenoxy) is 3. The topological polar surface area (TPSA) is 107 Å². The lowest BCUT2D eigenvalue weighted by molar-refractivity contribution is -0.119. The van der Waals surface area contributed by atoms with Gasteiger partial charge in [-0.05, 0) is 67.9 Å². The quantitative estimate of drug-likeness (QED) is 0.310. The SMILES string of the molecule is COc1ccc(N(CC(=O)N/N=C\c2ccc(OC(C)C)cc2)S(=O)(=O)c2ccccc2)c(OC)c1. The molecular formula is C26H29N3O6S. The van der Waals surface area contributed by atoms with Crippen LogP contribution in [0.4, 0.5) is 5.69 Å². The number of sulfonamides is 1. The zero-order valence-electron chi connectivity index (χ0n) is 20.5. The highest BCUT2D eigenvalue weighted by molar-refractivity contribution is 7.92. The number of amides is 1. The number of rotatable bonds is 11. The molecule has 3 rings (SSSR count). The molecule has 0 aliphatic rings. The lowest BCUT2D eigenvalue weighted by Gasteiger charge is -2.25. The molecule has 0 fully saturated rings. The number of nitrogens with one attached hydrogen (secondary N) is 1. The van der Waals surface area contributed by atoms with Crippen LogP contribution in [-0.2, 0) is 14.8 Å². The van der Waals surface area contributed by atoms with Crippen molar-refractivity contribution in [2.75, 3.05) is 25.1 Å². The Balaban J connectivity index is 1.83. The maximum absolute atomic E-state index is 13.5. The Morgan fingerprint density at radius 3 is 2.25 bits per heavy atom. The Morgan fingerprint density at radius 2 is 1.64 bits per heavy atom. The molecule has 1 amide bonds. The van der Waals surface area contributed by atoms with E-state index in [1.165, 1.54) is 38.6 Å². The van der Waals surface area contributed by atoms with Crippen molar-refractivity contribution in [3.05, 3.63) is 78.4 Å². The average molecular weight is 512 g/mol. The molecule has 9 nitrogen and oxygen atoms in total. The molecule has 0 heterocycles. The fourth-order valence-corrected chi connectivity index (χ4v) is 4.71. The fourth-order valence-electron chi connectivity index (χ4n) is 3.26. The van der Waals surface area contributed by atoms with E-state index in [1.807, 2.05) is 13.8 Å². The first-order chi connectivity index (χ1) is 17.2. The zero-order chi connectivity index (χ0) is 26.1. The van der Waals surface area contributed by atoms with Crippen LogP contribution in [0.2, 0.25) is 0 Å². The minimum Gasteiger partial charge on any atom is -0.497 e. The number of methoxy groups -OCH3 is 2. The molecule has 3 aromatic carbocycles. The summed E-state index contributed by atoms with van der Waals surface area (Å²) in [6.45, 7) is 3.35. The van der Waals surface area contributed by atoms with Gasteiger partial charge in [-0.1, -0.05) is 18.2 Å². The number of anilines is 1. The van der Waals surface area contributed by atoms with E-state index in [9.17, 15) is 13.2 Å². The molecule has 0 aliphatic carbocycles. The van der Waals surface area contributed by atoms with Gasteiger partial charge < -0.3 is 14.2 Å². The van der Waals surface area contributed by atoms with Crippen molar-refractivity contribution in [1.82, 2.24) is 5.43 Å². The highest BCUT2D eigenvalue weighted by Gasteiger charge is 2.29. The highest BCUT2D eigenvalue weighted by Crippen LogP contribution is 2.35. The van der Waals surface area contributed by atoms with E-state index in [1.54, 1.807) is 54.6 Å². The van der Waals surface area contributed by atoms with Crippen LogP contribution in [0.5, 0.6) is 17.2 Å². The summed E-state index contributed by atoms with van der Waals surface area (Å²) in [5.74, 6) is 0.796. The van der Waals surface area contributed by atoms with Crippen LogP contribution in [0.3, 0.4) is 0 Å². The van der Waals surface area contributed by atoms with Crippen molar-refractivity contribution in [3.8, 4) is 17.2 Å². The van der Waals surface area contributed by atoms with Crippen LogP contribution >= 0.6 is 0 Å². The molecule has 0 saturated heterocycles. The summed E-state index contributed by atoms with van der Waals surface area (Å²) in [6.07, 6.45) is 1.52. The van der Waals surface area contributed by atoms with Crippen molar-refractivity contribution >= 4 is 27.8 Å². The summed E-state index contributed by atoms with van der Waals surface area (Å²) in [4.78, 5) is 12.8. The molecule has 0 saturated carbocycles. The second-order valence-corrected chi connectivity index (χ2v) is 9.75. The Labute approximate surface area is 211 Å². The van der Waals surface area contributed by atoms with Crippen LogP contribution in [-0.4, -0.2) is 47.4 Å². The first-order valence-corrected chi connectivity index (χ1v) is 12.6. The van der Waals surface area contributed by atoms with Crippen molar-refractivity contribution in [2.45, 2.75) is 24.8 Å². The Morgan fingerprint density at radius 1 is 0.972 bits per heavy atom. The predicted molar refractivity (Wildman–Crippen MR) is 138 cm³/mol. The standard InChI is InChI=1S/C26H29N3O6S/c1-19(2)35-21-12-10-20(11-13-21)17-27-28-26(30)18-29(36(31,32)23-8-6-5-7-9-23)24-15-14-22(33-3)16-25(24)34-4/h5-17,19H,18H2,1-4H3,(H,28,30)/b27-17-. The van der Waals surface area contributed by atoms with Gasteiger partial charge in [0.1, 0.15) is 23.8 Å². The largest absolute Gasteiger partial charge is 0.497 e. The third-order valence-electron chi connectivity index (χ3n) is 4.93. The molecule has 0 spiro atoms. The van der Waals surface area contributed by atoms with Crippen LogP contribution in [0, 0.1) is 0 Å². The minimum atomic E-state index is -4.11. The summed E-state index contributed by atoms with van der Waals surface area (Å²) >= 11 is 0. The highest BCUT2D eigenvalue weighted by atomic mass is 32.2. The van der Waals surface area contributed by atoms with E-state index in [0.29, 0.717) is 5.75 Å². The van der Waals surface area contributed by atoms with Gasteiger partial charge in [-0.2, -0.15) is 5.10 Å². The number of benzene rings is 3. The molecule has 0 bridgehead atoms. The molecule has 0 aromatic heterocycles. The number of hydrazone groups is 1. The lowest BCUT2D eigenvalue weighted by Crippen LogP contribution is -2.39. The van der Waals surface area contributed by atoms with Crippen molar-refractivity contribution in [2.24, 2.45) is 5.10 Å². The first-order valence-electron chi connectivity index (χ1n) is 11.1. The number of nitrogens with zero attached hydrogens (tertiary/aromatic N) is 2. The molecule has 10 heteroatoms. The van der Waals surface area contributed by atoms with Gasteiger partial charge in [0.2, 0.25) is 0 Å². The maximum atomic E-state index is 13.5. The lowest BCUT2D eigenvalue weighted by atomic mass is 10.2. The van der Waals surface area contributed by atoms with Crippen molar-refractivity contribution in [3.63, 3.8) is 0 Å². The number of carbonyl (C=O) groups is 1. The van der Waals surface area contributed by atoms with Gasteiger partial charge in [0, 0.05) is 6.07 Å². The van der Waals surface area contributed by atoms with Crippen molar-refractivity contribution in [1.29, 1.82) is 0 Å². The summed E-state index contributed by atoms with van der Waals surface area (Å²) in [7, 11) is -1.21. The summed E-state index contributed by atoms with van der Waals surface area (Å²) in [5.41, 5.74) is 3.31. The van der Waals surface area contributed by atoms with Gasteiger partial charge in [0.05, 0.1) is 37.1 Å². The molecule has 0 atom stereocenters. The Kier molecular flexibility index (Phi) is 8.91. The van der Waals surface area contributed by atoms with Gasteiger partial charge >= 0.3 is 0 Å². The predicted octanol–water partition coefficient (Wildman–Crippen LogP) is 3.84. The number of carbonyl (C=O) groups excluding carboxylic acids is 1. The zero-order valence-corrected chi connectivity index (χ0v) is 21.4. The molecule has 0 aliphatic heterocycles. The molecule has 0 radical (unpaired) electrons. The molecule has 190 valence electrons. The van der Waals surface area contributed by atoms with E-state index < -0.39 is 22.5 Å². The van der Waals surface area contributed by atoms with Crippen LogP contribution in [0.1, 0.15) is 19.4 Å². The van der Waals surface area contributed by atoms with E-state index in [-0.39, 0.29) is 22.4 Å². The second-order valence-electron chi connectivity index (χ2n) is 7.89. The smallest absolute Gasteiger partial charge is 0.264 e. The van der Waals surface area contributed by atoms with Crippen LogP contribution < -0.4 is 23.9 Å². The summed E-state index contributed by atoms with van der Waals surface area (Å²) in [5, 5.41) is 3.97. The van der Waals surface area contributed by atoms with E-state index >= 15 is 0 Å². The molecule has 0 unspecified atom stereocenters. The number of hydrogen-bond acceptors (Lipinski definition) is 7. The van der Waals surface area contributed by atoms with Gasteiger partial charge in [-0.15, -0.1) is 0 Å². The third kappa shape index (κ3) is 6.76.